The number of rotatable bonds is 3. The molecule has 1 aromatic heterocycles. The Kier molecular flexibility index (Phi) is 4.73. The number of nitrogens with zero attached hydrogens (tertiary/aromatic N) is 3. The van der Waals surface area contributed by atoms with Gasteiger partial charge in [0.1, 0.15) is 10.0 Å². The fourth-order valence-corrected chi connectivity index (χ4v) is 4.18. The van der Waals surface area contributed by atoms with Crippen LogP contribution in [0.1, 0.15) is 30.7 Å². The molecule has 0 radical (unpaired) electrons. The third-order valence-electron chi connectivity index (χ3n) is 4.44. The molecule has 25 heavy (non-hydrogen) atoms. The lowest BCUT2D eigenvalue weighted by molar-refractivity contribution is -0.0443. The molecule has 2 fully saturated rings. The Morgan fingerprint density at radius 2 is 1.80 bits per heavy atom. The first-order valence-electron chi connectivity index (χ1n) is 8.68. The number of aryl methyl sites for hydroxylation is 1. The average molecular weight is 361 g/mol. The van der Waals surface area contributed by atoms with Gasteiger partial charge in [-0.2, -0.15) is 0 Å². The molecule has 3 heterocycles. The van der Waals surface area contributed by atoms with Crippen LogP contribution in [0.25, 0.3) is 10.6 Å². The van der Waals surface area contributed by atoms with Crippen LogP contribution in [0.15, 0.2) is 18.2 Å². The van der Waals surface area contributed by atoms with E-state index in [4.69, 9.17) is 14.2 Å². The molecule has 2 aliphatic rings. The lowest BCUT2D eigenvalue weighted by Crippen LogP contribution is -2.46. The molecule has 2 aliphatic heterocycles. The van der Waals surface area contributed by atoms with Crippen LogP contribution < -0.4 is 4.90 Å². The molecule has 2 saturated heterocycles. The lowest BCUT2D eigenvalue weighted by Gasteiger charge is -2.38. The molecule has 0 spiro atoms. The van der Waals surface area contributed by atoms with E-state index in [1.807, 2.05) is 6.92 Å². The molecular formula is C18H23N3O3S. The molecule has 0 unspecified atom stereocenters. The predicted octanol–water partition coefficient (Wildman–Crippen LogP) is 3.17. The van der Waals surface area contributed by atoms with Crippen molar-refractivity contribution < 1.29 is 14.2 Å². The van der Waals surface area contributed by atoms with Gasteiger partial charge in [-0.25, -0.2) is 0 Å². The van der Waals surface area contributed by atoms with Crippen molar-refractivity contribution in [3.63, 3.8) is 0 Å². The average Bonchev–Trinajstić information content (AvgIpc) is 3.25. The van der Waals surface area contributed by atoms with Crippen molar-refractivity contribution in [2.75, 3.05) is 31.2 Å². The first-order chi connectivity index (χ1) is 12.1. The van der Waals surface area contributed by atoms with Gasteiger partial charge in [-0.15, -0.1) is 10.2 Å². The van der Waals surface area contributed by atoms with Crippen molar-refractivity contribution in [1.82, 2.24) is 10.2 Å². The zero-order valence-electron chi connectivity index (χ0n) is 14.8. The molecule has 1 aromatic carbocycles. The molecule has 0 bridgehead atoms. The number of anilines is 1. The number of benzene rings is 1. The summed E-state index contributed by atoms with van der Waals surface area (Å²) in [6, 6.07) is 6.39. The Labute approximate surface area is 151 Å². The summed E-state index contributed by atoms with van der Waals surface area (Å²) in [5.41, 5.74) is 3.26. The molecule has 0 N–H and O–H groups in total. The normalized spacial score (nSPS) is 24.8. The number of aromatic nitrogens is 2. The molecule has 6 nitrogen and oxygen atoms in total. The van der Waals surface area contributed by atoms with E-state index in [-0.39, 0.29) is 18.5 Å². The predicted molar refractivity (Wildman–Crippen MR) is 96.9 cm³/mol. The molecule has 134 valence electrons. The van der Waals surface area contributed by atoms with Gasteiger partial charge in [0.2, 0.25) is 0 Å². The van der Waals surface area contributed by atoms with Gasteiger partial charge >= 0.3 is 0 Å². The Balaban J connectivity index is 1.72. The number of morpholine rings is 1. The van der Waals surface area contributed by atoms with Crippen LogP contribution in [-0.4, -0.2) is 48.7 Å². The van der Waals surface area contributed by atoms with Gasteiger partial charge in [-0.1, -0.05) is 11.3 Å². The smallest absolute Gasteiger partial charge is 0.186 e. The zero-order chi connectivity index (χ0) is 17.4. The molecule has 7 heteroatoms. The topological polar surface area (TPSA) is 56.7 Å². The summed E-state index contributed by atoms with van der Waals surface area (Å²) in [7, 11) is 0. The lowest BCUT2D eigenvalue weighted by atomic mass is 10.1. The fraction of sp³-hybridized carbons (Fsp3) is 0.556. The van der Waals surface area contributed by atoms with Crippen molar-refractivity contribution in [1.29, 1.82) is 0 Å². The summed E-state index contributed by atoms with van der Waals surface area (Å²) in [5.74, 6) is 0. The van der Waals surface area contributed by atoms with Gasteiger partial charge in [0.05, 0.1) is 25.4 Å². The molecule has 2 aromatic rings. The highest BCUT2D eigenvalue weighted by atomic mass is 32.1. The highest BCUT2D eigenvalue weighted by Gasteiger charge is 2.29. The third kappa shape index (κ3) is 3.55. The first kappa shape index (κ1) is 16.9. The summed E-state index contributed by atoms with van der Waals surface area (Å²) in [4.78, 5) is 2.37. The van der Waals surface area contributed by atoms with Crippen LogP contribution in [0.2, 0.25) is 0 Å². The van der Waals surface area contributed by atoms with Gasteiger partial charge in [-0.05, 0) is 39.0 Å². The van der Waals surface area contributed by atoms with Crippen molar-refractivity contribution in [2.24, 2.45) is 0 Å². The van der Waals surface area contributed by atoms with Crippen LogP contribution in [0.5, 0.6) is 0 Å². The van der Waals surface area contributed by atoms with Crippen LogP contribution in [0.4, 0.5) is 5.69 Å². The molecule has 2 atom stereocenters. The van der Waals surface area contributed by atoms with E-state index in [9.17, 15) is 0 Å². The summed E-state index contributed by atoms with van der Waals surface area (Å²) in [5, 5.41) is 10.3. The maximum Gasteiger partial charge on any atom is 0.186 e. The van der Waals surface area contributed by atoms with Gasteiger partial charge in [0.15, 0.2) is 6.29 Å². The third-order valence-corrected chi connectivity index (χ3v) is 5.32. The second-order valence-electron chi connectivity index (χ2n) is 6.64. The molecule has 0 saturated carbocycles. The Morgan fingerprint density at radius 1 is 1.08 bits per heavy atom. The van der Waals surface area contributed by atoms with E-state index in [0.717, 1.165) is 39.9 Å². The van der Waals surface area contributed by atoms with E-state index in [1.165, 1.54) is 0 Å². The quantitative estimate of drug-likeness (QED) is 0.837. The van der Waals surface area contributed by atoms with Crippen molar-refractivity contribution in [3.05, 3.63) is 28.8 Å². The fourth-order valence-electron chi connectivity index (χ4n) is 3.49. The van der Waals surface area contributed by atoms with Gasteiger partial charge < -0.3 is 19.1 Å². The first-order valence-corrected chi connectivity index (χ1v) is 9.50. The maximum atomic E-state index is 5.88. The molecular weight excluding hydrogens is 338 g/mol. The Morgan fingerprint density at radius 3 is 2.44 bits per heavy atom. The highest BCUT2D eigenvalue weighted by molar-refractivity contribution is 7.14. The largest absolute Gasteiger partial charge is 0.372 e. The molecule has 4 rings (SSSR count). The minimum absolute atomic E-state index is 0.201. The van der Waals surface area contributed by atoms with Gasteiger partial charge in [-0.3, -0.25) is 0 Å². The second-order valence-corrected chi connectivity index (χ2v) is 7.82. The summed E-state index contributed by atoms with van der Waals surface area (Å²) in [6.45, 7) is 9.18. The standard InChI is InChI=1S/C18H23N3O3S/c1-11-9-21(10-12(2)24-11)16-5-4-14(17-20-19-13(3)25-17)8-15(16)18-22-6-7-23-18/h4-5,8,11-12,18H,6-7,9-10H2,1-3H3/t11-,12+. The van der Waals surface area contributed by atoms with Crippen molar-refractivity contribution in [2.45, 2.75) is 39.3 Å². The summed E-state index contributed by atoms with van der Waals surface area (Å²) >= 11 is 1.60. The minimum Gasteiger partial charge on any atom is -0.372 e. The molecule has 0 amide bonds. The van der Waals surface area contributed by atoms with Crippen LogP contribution in [0, 0.1) is 6.92 Å². The van der Waals surface area contributed by atoms with Gasteiger partial charge in [0, 0.05) is 29.9 Å². The maximum absolute atomic E-state index is 5.88. The van der Waals surface area contributed by atoms with E-state index < -0.39 is 0 Å². The SMILES string of the molecule is Cc1nnc(-c2ccc(N3C[C@@H](C)O[C@@H](C)C3)c(C3OCCO3)c2)s1. The Hall–Kier alpha value is -1.54. The van der Waals surface area contributed by atoms with Crippen LogP contribution in [0.3, 0.4) is 0 Å². The van der Waals surface area contributed by atoms with Gasteiger partial charge in [0.25, 0.3) is 0 Å². The molecule has 0 aliphatic carbocycles. The Bertz CT molecular complexity index is 735. The monoisotopic (exact) mass is 361 g/mol. The van der Waals surface area contributed by atoms with E-state index >= 15 is 0 Å². The number of hydrogen-bond acceptors (Lipinski definition) is 7. The number of hydrogen-bond donors (Lipinski definition) is 0. The zero-order valence-corrected chi connectivity index (χ0v) is 15.6. The summed E-state index contributed by atoms with van der Waals surface area (Å²) in [6.07, 6.45) is 0.0810. The second kappa shape index (κ2) is 6.99. The number of ether oxygens (including phenoxy) is 3. The minimum atomic E-state index is -0.322. The van der Waals surface area contributed by atoms with E-state index in [1.54, 1.807) is 11.3 Å². The highest BCUT2D eigenvalue weighted by Crippen LogP contribution is 2.37. The van der Waals surface area contributed by atoms with E-state index in [2.05, 4.69) is 47.1 Å². The van der Waals surface area contributed by atoms with Crippen molar-refractivity contribution in [3.8, 4) is 10.6 Å². The van der Waals surface area contributed by atoms with Crippen LogP contribution >= 0.6 is 11.3 Å². The van der Waals surface area contributed by atoms with E-state index in [0.29, 0.717) is 13.2 Å². The summed E-state index contributed by atoms with van der Waals surface area (Å²) < 4.78 is 17.5. The van der Waals surface area contributed by atoms with Crippen LogP contribution in [-0.2, 0) is 14.2 Å². The van der Waals surface area contributed by atoms with Crippen molar-refractivity contribution >= 4 is 17.0 Å².